The van der Waals surface area contributed by atoms with Crippen LogP contribution in [-0.2, 0) is 5.41 Å². The number of hydrogen-bond acceptors (Lipinski definition) is 3. The molecule has 2 fully saturated rings. The van der Waals surface area contributed by atoms with Gasteiger partial charge >= 0.3 is 0 Å². The number of benzene rings is 1. The molecule has 4 rings (SSSR count). The third-order valence-electron chi connectivity index (χ3n) is 5.03. The maximum absolute atomic E-state index is 9.14. The summed E-state index contributed by atoms with van der Waals surface area (Å²) in [6.07, 6.45) is 1.27. The van der Waals surface area contributed by atoms with E-state index in [9.17, 15) is 0 Å². The zero-order valence-electron chi connectivity index (χ0n) is 12.4. The second-order valence-corrected chi connectivity index (χ2v) is 7.27. The molecule has 2 aliphatic rings. The highest BCUT2D eigenvalue weighted by molar-refractivity contribution is 9.10. The number of pyridine rings is 1. The fraction of sp³-hybridized carbons (Fsp3) is 0.333. The van der Waals surface area contributed by atoms with Crippen molar-refractivity contribution in [2.45, 2.75) is 18.8 Å². The van der Waals surface area contributed by atoms with Crippen LogP contribution in [0.4, 0.5) is 5.82 Å². The van der Waals surface area contributed by atoms with Gasteiger partial charge < -0.3 is 4.90 Å². The number of nitrogens with zero attached hydrogens (tertiary/aromatic N) is 3. The topological polar surface area (TPSA) is 39.9 Å². The van der Waals surface area contributed by atoms with Crippen LogP contribution in [0.15, 0.2) is 40.9 Å². The van der Waals surface area contributed by atoms with Crippen LogP contribution in [0, 0.1) is 24.2 Å². The van der Waals surface area contributed by atoms with Crippen LogP contribution in [0.5, 0.6) is 0 Å². The monoisotopic (exact) mass is 353 g/mol. The van der Waals surface area contributed by atoms with Gasteiger partial charge in [0, 0.05) is 18.5 Å². The molecule has 22 heavy (non-hydrogen) atoms. The van der Waals surface area contributed by atoms with Crippen LogP contribution >= 0.6 is 15.9 Å². The maximum atomic E-state index is 9.14. The molecule has 0 N–H and O–H groups in total. The molecular formula is C18H16BrN3. The SMILES string of the molecule is Cc1ccc(C23CC2CN(c2ccc(Br)c(C#N)n2)C3)cc1. The Morgan fingerprint density at radius 1 is 1.27 bits per heavy atom. The van der Waals surface area contributed by atoms with E-state index in [2.05, 4.69) is 63.1 Å². The zero-order valence-corrected chi connectivity index (χ0v) is 14.0. The van der Waals surface area contributed by atoms with Crippen LogP contribution in [0.2, 0.25) is 0 Å². The van der Waals surface area contributed by atoms with Gasteiger partial charge in [-0.3, -0.25) is 0 Å². The van der Waals surface area contributed by atoms with Crippen LogP contribution in [0.25, 0.3) is 0 Å². The average Bonchev–Trinajstić information content (AvgIpc) is 3.10. The Morgan fingerprint density at radius 3 is 2.77 bits per heavy atom. The van der Waals surface area contributed by atoms with Crippen molar-refractivity contribution in [3.05, 3.63) is 57.7 Å². The standard InChI is InChI=1S/C18H16BrN3/c1-12-2-4-13(5-3-12)18-8-14(18)10-22(11-18)17-7-6-15(19)16(9-20)21-17/h2-7,14H,8,10-11H2,1H3. The molecule has 0 bridgehead atoms. The van der Waals surface area contributed by atoms with Crippen molar-refractivity contribution >= 4 is 21.7 Å². The predicted molar refractivity (Wildman–Crippen MR) is 89.8 cm³/mol. The molecule has 1 aliphatic heterocycles. The van der Waals surface area contributed by atoms with Crippen LogP contribution in [-0.4, -0.2) is 18.1 Å². The first-order valence-electron chi connectivity index (χ1n) is 7.51. The van der Waals surface area contributed by atoms with Gasteiger partial charge in [0.15, 0.2) is 5.69 Å². The predicted octanol–water partition coefficient (Wildman–Crippen LogP) is 3.80. The van der Waals surface area contributed by atoms with E-state index in [1.54, 1.807) is 0 Å². The summed E-state index contributed by atoms with van der Waals surface area (Å²) in [5, 5.41) is 9.14. The van der Waals surface area contributed by atoms with Crippen molar-refractivity contribution in [2.75, 3.05) is 18.0 Å². The fourth-order valence-corrected chi connectivity index (χ4v) is 3.99. The lowest BCUT2D eigenvalue weighted by Crippen LogP contribution is -2.27. The molecule has 1 saturated carbocycles. The van der Waals surface area contributed by atoms with Gasteiger partial charge in [-0.2, -0.15) is 5.26 Å². The highest BCUT2D eigenvalue weighted by Crippen LogP contribution is 2.59. The fourth-order valence-electron chi connectivity index (χ4n) is 3.68. The molecule has 1 aromatic carbocycles. The summed E-state index contributed by atoms with van der Waals surface area (Å²) in [4.78, 5) is 6.81. The van der Waals surface area contributed by atoms with E-state index in [0.29, 0.717) is 17.0 Å². The van der Waals surface area contributed by atoms with E-state index < -0.39 is 0 Å². The van der Waals surface area contributed by atoms with Crippen molar-refractivity contribution in [3.8, 4) is 6.07 Å². The first-order chi connectivity index (χ1) is 10.6. The molecule has 0 amide bonds. The minimum Gasteiger partial charge on any atom is -0.355 e. The van der Waals surface area contributed by atoms with E-state index in [1.165, 1.54) is 17.5 Å². The highest BCUT2D eigenvalue weighted by Gasteiger charge is 2.60. The Bertz CT molecular complexity index is 778. The second kappa shape index (κ2) is 4.82. The molecule has 2 unspecified atom stereocenters. The zero-order chi connectivity index (χ0) is 15.3. The molecule has 1 aromatic heterocycles. The van der Waals surface area contributed by atoms with Gasteiger partial charge in [-0.05, 0) is 52.9 Å². The van der Waals surface area contributed by atoms with Gasteiger partial charge in [-0.25, -0.2) is 4.98 Å². The maximum Gasteiger partial charge on any atom is 0.157 e. The molecule has 2 aromatic rings. The summed E-state index contributed by atoms with van der Waals surface area (Å²) in [5.41, 5.74) is 3.51. The molecule has 2 heterocycles. The largest absolute Gasteiger partial charge is 0.355 e. The van der Waals surface area contributed by atoms with Gasteiger partial charge in [0.1, 0.15) is 11.9 Å². The lowest BCUT2D eigenvalue weighted by molar-refractivity contribution is 0.712. The highest BCUT2D eigenvalue weighted by atomic mass is 79.9. The first-order valence-corrected chi connectivity index (χ1v) is 8.30. The van der Waals surface area contributed by atoms with E-state index in [1.807, 2.05) is 12.1 Å². The summed E-state index contributed by atoms with van der Waals surface area (Å²) in [6, 6.07) is 15.0. The summed E-state index contributed by atoms with van der Waals surface area (Å²) < 4.78 is 0.761. The average molecular weight is 354 g/mol. The molecule has 4 heteroatoms. The molecular weight excluding hydrogens is 338 g/mol. The third-order valence-corrected chi connectivity index (χ3v) is 5.67. The number of rotatable bonds is 2. The number of piperidine rings is 1. The van der Waals surface area contributed by atoms with Gasteiger partial charge in [0.05, 0.1) is 4.47 Å². The number of anilines is 1. The smallest absolute Gasteiger partial charge is 0.157 e. The molecule has 0 spiro atoms. The van der Waals surface area contributed by atoms with Crippen molar-refractivity contribution < 1.29 is 0 Å². The summed E-state index contributed by atoms with van der Waals surface area (Å²) in [5.74, 6) is 1.63. The third kappa shape index (κ3) is 2.04. The number of aryl methyl sites for hydroxylation is 1. The molecule has 2 atom stereocenters. The normalized spacial score (nSPS) is 25.7. The summed E-state index contributed by atoms with van der Waals surface area (Å²) in [6.45, 7) is 4.16. The minimum atomic E-state index is 0.301. The Hall–Kier alpha value is -1.86. The molecule has 0 radical (unpaired) electrons. The summed E-state index contributed by atoms with van der Waals surface area (Å²) >= 11 is 3.37. The Morgan fingerprint density at radius 2 is 2.05 bits per heavy atom. The van der Waals surface area contributed by atoms with Gasteiger partial charge in [0.2, 0.25) is 0 Å². The van der Waals surface area contributed by atoms with Gasteiger partial charge in [0.25, 0.3) is 0 Å². The van der Waals surface area contributed by atoms with Crippen LogP contribution < -0.4 is 4.90 Å². The van der Waals surface area contributed by atoms with Crippen molar-refractivity contribution in [1.82, 2.24) is 4.98 Å². The number of nitriles is 1. The number of aromatic nitrogens is 1. The van der Waals surface area contributed by atoms with Crippen molar-refractivity contribution in [2.24, 2.45) is 5.92 Å². The number of fused-ring (bicyclic) bond motifs is 1. The van der Waals surface area contributed by atoms with Gasteiger partial charge in [-0.1, -0.05) is 29.8 Å². The summed E-state index contributed by atoms with van der Waals surface area (Å²) in [7, 11) is 0. The quantitative estimate of drug-likeness (QED) is 0.824. The Balaban J connectivity index is 1.61. The van der Waals surface area contributed by atoms with E-state index in [0.717, 1.165) is 23.4 Å². The Labute approximate surface area is 138 Å². The van der Waals surface area contributed by atoms with Crippen LogP contribution in [0.1, 0.15) is 23.2 Å². The lowest BCUT2D eigenvalue weighted by atomic mass is 9.94. The van der Waals surface area contributed by atoms with Crippen molar-refractivity contribution in [1.29, 1.82) is 5.26 Å². The molecule has 1 aliphatic carbocycles. The second-order valence-electron chi connectivity index (χ2n) is 6.42. The van der Waals surface area contributed by atoms with Crippen LogP contribution in [0.3, 0.4) is 0 Å². The molecule has 1 saturated heterocycles. The minimum absolute atomic E-state index is 0.301. The van der Waals surface area contributed by atoms with E-state index >= 15 is 0 Å². The van der Waals surface area contributed by atoms with E-state index in [4.69, 9.17) is 5.26 Å². The number of halogens is 1. The van der Waals surface area contributed by atoms with E-state index in [-0.39, 0.29) is 0 Å². The Kier molecular flexibility index (Phi) is 3.02. The van der Waals surface area contributed by atoms with Crippen molar-refractivity contribution in [3.63, 3.8) is 0 Å². The lowest BCUT2D eigenvalue weighted by Gasteiger charge is -2.22. The van der Waals surface area contributed by atoms with Gasteiger partial charge in [-0.15, -0.1) is 0 Å². The number of hydrogen-bond donors (Lipinski definition) is 0. The molecule has 110 valence electrons. The first kappa shape index (κ1) is 13.8. The molecule has 3 nitrogen and oxygen atoms in total.